The van der Waals surface area contributed by atoms with E-state index in [-0.39, 0.29) is 10.0 Å². The van der Waals surface area contributed by atoms with Gasteiger partial charge in [-0.1, -0.05) is 23.2 Å². The summed E-state index contributed by atoms with van der Waals surface area (Å²) in [5, 5.41) is 0.770. The van der Waals surface area contributed by atoms with Gasteiger partial charge in [0.1, 0.15) is 11.6 Å². The van der Waals surface area contributed by atoms with E-state index in [0.717, 1.165) is 12.1 Å². The lowest BCUT2D eigenvalue weighted by Crippen LogP contribution is -2.14. The van der Waals surface area contributed by atoms with Crippen LogP contribution in [-0.2, 0) is 0 Å². The van der Waals surface area contributed by atoms with Crippen LogP contribution in [0.15, 0.2) is 34.8 Å². The monoisotopic (exact) mass is 365 g/mol. The fourth-order valence-electron chi connectivity index (χ4n) is 1.71. The maximum atomic E-state index is 13.8. The van der Waals surface area contributed by atoms with Gasteiger partial charge in [0.15, 0.2) is 0 Å². The zero-order valence-corrected chi connectivity index (χ0v) is 12.5. The van der Waals surface area contributed by atoms with E-state index in [0.29, 0.717) is 15.6 Å². The Bertz CT molecular complexity index is 614. The van der Waals surface area contributed by atoms with Gasteiger partial charge in [0.05, 0.1) is 10.5 Å². The fourth-order valence-corrected chi connectivity index (χ4v) is 2.57. The molecular weight excluding hydrogens is 359 g/mol. The van der Waals surface area contributed by atoms with Crippen molar-refractivity contribution >= 4 is 39.1 Å². The van der Waals surface area contributed by atoms with Crippen molar-refractivity contribution in [1.82, 2.24) is 0 Å². The number of hydrogen-bond acceptors (Lipinski definition) is 1. The Hall–Kier alpha value is -0.680. The molecule has 1 unspecified atom stereocenters. The number of rotatable bonds is 2. The lowest BCUT2D eigenvalue weighted by molar-refractivity contribution is 0.572. The quantitative estimate of drug-likeness (QED) is 0.736. The zero-order valence-electron chi connectivity index (χ0n) is 9.43. The second kappa shape index (κ2) is 5.75. The highest BCUT2D eigenvalue weighted by molar-refractivity contribution is 9.10. The SMILES string of the molecule is NC(c1cc(Cl)cc(Cl)c1)c1cc(F)c(Br)cc1F. The van der Waals surface area contributed by atoms with Crippen LogP contribution in [0.1, 0.15) is 17.2 Å². The van der Waals surface area contributed by atoms with E-state index in [2.05, 4.69) is 15.9 Å². The second-order valence-corrected chi connectivity index (χ2v) is 5.70. The van der Waals surface area contributed by atoms with E-state index in [1.807, 2.05) is 0 Å². The van der Waals surface area contributed by atoms with Crippen LogP contribution in [0.5, 0.6) is 0 Å². The highest BCUT2D eigenvalue weighted by atomic mass is 79.9. The molecule has 100 valence electrons. The molecule has 2 rings (SSSR count). The molecule has 0 heterocycles. The lowest BCUT2D eigenvalue weighted by Gasteiger charge is -2.15. The first-order valence-electron chi connectivity index (χ1n) is 5.24. The minimum Gasteiger partial charge on any atom is -0.320 e. The molecule has 0 aliphatic carbocycles. The molecule has 1 nitrogen and oxygen atoms in total. The van der Waals surface area contributed by atoms with Crippen molar-refractivity contribution < 1.29 is 8.78 Å². The molecule has 6 heteroatoms. The third-order valence-electron chi connectivity index (χ3n) is 2.62. The van der Waals surface area contributed by atoms with Crippen molar-refractivity contribution in [1.29, 1.82) is 0 Å². The Morgan fingerprint density at radius 1 is 0.947 bits per heavy atom. The van der Waals surface area contributed by atoms with E-state index in [1.165, 1.54) is 6.07 Å². The molecule has 0 amide bonds. The normalized spacial score (nSPS) is 12.5. The van der Waals surface area contributed by atoms with Gasteiger partial charge in [-0.2, -0.15) is 0 Å². The molecule has 0 aliphatic heterocycles. The molecule has 19 heavy (non-hydrogen) atoms. The Morgan fingerprint density at radius 2 is 1.53 bits per heavy atom. The van der Waals surface area contributed by atoms with E-state index in [4.69, 9.17) is 28.9 Å². The molecule has 1 atom stereocenters. The first kappa shape index (κ1) is 14.7. The summed E-state index contributed by atoms with van der Waals surface area (Å²) in [6, 6.07) is 5.92. The van der Waals surface area contributed by atoms with Gasteiger partial charge in [0.25, 0.3) is 0 Å². The van der Waals surface area contributed by atoms with Gasteiger partial charge in [-0.15, -0.1) is 0 Å². The number of hydrogen-bond donors (Lipinski definition) is 1. The van der Waals surface area contributed by atoms with Gasteiger partial charge in [0, 0.05) is 15.6 Å². The summed E-state index contributed by atoms with van der Waals surface area (Å²) in [4.78, 5) is 0. The van der Waals surface area contributed by atoms with Gasteiger partial charge in [-0.3, -0.25) is 0 Å². The summed E-state index contributed by atoms with van der Waals surface area (Å²) < 4.78 is 27.3. The van der Waals surface area contributed by atoms with Gasteiger partial charge in [0.2, 0.25) is 0 Å². The van der Waals surface area contributed by atoms with Crippen molar-refractivity contribution in [3.63, 3.8) is 0 Å². The maximum Gasteiger partial charge on any atom is 0.137 e. The summed E-state index contributed by atoms with van der Waals surface area (Å²) in [5.74, 6) is -1.18. The molecule has 0 radical (unpaired) electrons. The third-order valence-corrected chi connectivity index (χ3v) is 3.66. The van der Waals surface area contributed by atoms with Crippen LogP contribution < -0.4 is 5.73 Å². The highest BCUT2D eigenvalue weighted by Gasteiger charge is 2.17. The van der Waals surface area contributed by atoms with Gasteiger partial charge in [-0.05, 0) is 51.8 Å². The molecule has 0 spiro atoms. The summed E-state index contributed by atoms with van der Waals surface area (Å²) in [5.41, 5.74) is 6.49. The summed E-state index contributed by atoms with van der Waals surface area (Å²) in [6.07, 6.45) is 0. The molecule has 0 fully saturated rings. The first-order chi connectivity index (χ1) is 8.88. The van der Waals surface area contributed by atoms with Crippen LogP contribution in [0.25, 0.3) is 0 Å². The largest absolute Gasteiger partial charge is 0.320 e. The average molecular weight is 367 g/mol. The number of nitrogens with two attached hydrogens (primary N) is 1. The van der Waals surface area contributed by atoms with E-state index in [9.17, 15) is 8.78 Å². The smallest absolute Gasteiger partial charge is 0.137 e. The summed E-state index contributed by atoms with van der Waals surface area (Å²) in [6.45, 7) is 0. The second-order valence-electron chi connectivity index (χ2n) is 3.97. The first-order valence-corrected chi connectivity index (χ1v) is 6.79. The third kappa shape index (κ3) is 3.26. The van der Waals surface area contributed by atoms with Crippen LogP contribution in [0, 0.1) is 11.6 Å². The van der Waals surface area contributed by atoms with Gasteiger partial charge < -0.3 is 5.73 Å². The lowest BCUT2D eigenvalue weighted by atomic mass is 9.99. The predicted octanol–water partition coefficient (Wildman–Crippen LogP) is 5.08. The van der Waals surface area contributed by atoms with Crippen molar-refractivity contribution in [2.45, 2.75) is 6.04 Å². The van der Waals surface area contributed by atoms with Crippen molar-refractivity contribution in [2.75, 3.05) is 0 Å². The minimum atomic E-state index is -0.848. The molecule has 0 saturated carbocycles. The van der Waals surface area contributed by atoms with Gasteiger partial charge in [-0.25, -0.2) is 8.78 Å². The standard InChI is InChI=1S/C13H8BrCl2F2N/c14-10-5-11(17)9(4-12(10)18)13(19)6-1-7(15)3-8(16)2-6/h1-5,13H,19H2. The summed E-state index contributed by atoms with van der Waals surface area (Å²) >= 11 is 14.6. The molecule has 2 aromatic rings. The summed E-state index contributed by atoms with van der Waals surface area (Å²) in [7, 11) is 0. The molecule has 2 N–H and O–H groups in total. The zero-order chi connectivity index (χ0) is 14.2. The Kier molecular flexibility index (Phi) is 4.46. The Balaban J connectivity index is 2.49. The van der Waals surface area contributed by atoms with Crippen LogP contribution in [-0.4, -0.2) is 0 Å². The molecule has 0 aromatic heterocycles. The van der Waals surface area contributed by atoms with Gasteiger partial charge >= 0.3 is 0 Å². The van der Waals surface area contributed by atoms with Crippen LogP contribution in [0.3, 0.4) is 0 Å². The van der Waals surface area contributed by atoms with E-state index >= 15 is 0 Å². The highest BCUT2D eigenvalue weighted by Crippen LogP contribution is 2.30. The Labute approximate surface area is 127 Å². The van der Waals surface area contributed by atoms with Crippen molar-refractivity contribution in [3.8, 4) is 0 Å². The van der Waals surface area contributed by atoms with Crippen molar-refractivity contribution in [3.05, 3.63) is 67.6 Å². The van der Waals surface area contributed by atoms with Crippen LogP contribution in [0.2, 0.25) is 10.0 Å². The number of halogens is 5. The minimum absolute atomic E-state index is 0.0408. The van der Waals surface area contributed by atoms with Crippen LogP contribution in [0.4, 0.5) is 8.78 Å². The predicted molar refractivity (Wildman–Crippen MR) is 76.6 cm³/mol. The molecule has 2 aromatic carbocycles. The molecule has 0 bridgehead atoms. The molecular formula is C13H8BrCl2F2N. The van der Waals surface area contributed by atoms with Crippen molar-refractivity contribution in [2.24, 2.45) is 5.73 Å². The van der Waals surface area contributed by atoms with Crippen LogP contribution >= 0.6 is 39.1 Å². The number of benzene rings is 2. The van der Waals surface area contributed by atoms with E-state index < -0.39 is 17.7 Å². The average Bonchev–Trinajstić information content (AvgIpc) is 2.31. The molecule has 0 saturated heterocycles. The molecule has 0 aliphatic rings. The fraction of sp³-hybridized carbons (Fsp3) is 0.0769. The maximum absolute atomic E-state index is 13.8. The topological polar surface area (TPSA) is 26.0 Å². The van der Waals surface area contributed by atoms with E-state index in [1.54, 1.807) is 12.1 Å². The Morgan fingerprint density at radius 3 is 2.11 bits per heavy atom.